The first-order valence-corrected chi connectivity index (χ1v) is 13.3. The topological polar surface area (TPSA) is 57.6 Å². The Bertz CT molecular complexity index is 1170. The molecule has 5 rings (SSSR count). The Kier molecular flexibility index (Phi) is 6.75. The Morgan fingerprint density at radius 3 is 2.65 bits per heavy atom. The number of carbonyl (C=O) groups excluding carboxylic acids is 2. The maximum Gasteiger partial charge on any atom is 0.263 e. The van der Waals surface area contributed by atoms with Gasteiger partial charge >= 0.3 is 0 Å². The van der Waals surface area contributed by atoms with E-state index in [4.69, 9.17) is 0 Å². The van der Waals surface area contributed by atoms with E-state index in [1.165, 1.54) is 18.2 Å². The number of hydrogen-bond acceptors (Lipinski definition) is 4. The van der Waals surface area contributed by atoms with Crippen molar-refractivity contribution in [3.8, 4) is 5.00 Å². The van der Waals surface area contributed by atoms with Crippen molar-refractivity contribution in [2.24, 2.45) is 5.92 Å². The zero-order chi connectivity index (χ0) is 23.7. The first-order chi connectivity index (χ1) is 16.5. The molecule has 180 valence electrons. The lowest BCUT2D eigenvalue weighted by atomic mass is 9.95. The van der Waals surface area contributed by atoms with Crippen LogP contribution in [0.2, 0.25) is 0 Å². The van der Waals surface area contributed by atoms with Crippen LogP contribution in [0, 0.1) is 12.8 Å². The second-order valence-corrected chi connectivity index (χ2v) is 10.6. The van der Waals surface area contributed by atoms with Crippen LogP contribution in [-0.2, 0) is 4.79 Å². The molecule has 34 heavy (non-hydrogen) atoms. The van der Waals surface area contributed by atoms with Gasteiger partial charge in [0, 0.05) is 42.7 Å². The Labute approximate surface area is 205 Å². The predicted molar refractivity (Wildman–Crippen MR) is 138 cm³/mol. The predicted octanol–water partition coefficient (Wildman–Crippen LogP) is 4.45. The normalized spacial score (nSPS) is 19.7. The number of hydrogen-bond donors (Lipinski definition) is 1. The summed E-state index contributed by atoms with van der Waals surface area (Å²) >= 11 is 1.54. The fraction of sp³-hybridized carbons (Fsp3) is 0.481. The van der Waals surface area contributed by atoms with E-state index in [2.05, 4.69) is 46.8 Å². The van der Waals surface area contributed by atoms with Crippen LogP contribution in [0.5, 0.6) is 0 Å². The summed E-state index contributed by atoms with van der Waals surface area (Å²) in [7, 11) is 0. The largest absolute Gasteiger partial charge is 0.354 e. The Hall–Kier alpha value is -2.64. The molecular formula is C27H34N4O2S. The Balaban J connectivity index is 1.18. The number of thiophene rings is 1. The number of amides is 2. The van der Waals surface area contributed by atoms with Gasteiger partial charge in [0.05, 0.1) is 10.4 Å². The highest BCUT2D eigenvalue weighted by Gasteiger charge is 2.30. The minimum atomic E-state index is 0.00770. The number of carbonyl (C=O) groups is 2. The number of benzene rings is 1. The number of likely N-dealkylation sites (N-methyl/N-ethyl adjacent to an activating group) is 1. The highest BCUT2D eigenvalue weighted by Crippen LogP contribution is 2.30. The minimum absolute atomic E-state index is 0.00770. The molecule has 2 saturated heterocycles. The van der Waals surface area contributed by atoms with Gasteiger partial charge in [-0.05, 0) is 70.0 Å². The standard InChI is InChI=1S/C27H34N4O2S/c1-3-29-14-6-8-22(29)18-28-26(32)20-12-15-30(16-13-20)27(33)24-10-11-25(34-24)31-19(2)17-21-7-4-5-9-23(21)31/h4-5,7,9-11,17,20,22H,3,6,8,12-16,18H2,1-2H3,(H,28,32)/t22-/m0/s1. The molecule has 1 aromatic carbocycles. The lowest BCUT2D eigenvalue weighted by Crippen LogP contribution is -2.45. The van der Waals surface area contributed by atoms with E-state index in [0.29, 0.717) is 19.1 Å². The quantitative estimate of drug-likeness (QED) is 0.569. The van der Waals surface area contributed by atoms with Crippen LogP contribution < -0.4 is 5.32 Å². The summed E-state index contributed by atoms with van der Waals surface area (Å²) in [6.45, 7) is 8.50. The summed E-state index contributed by atoms with van der Waals surface area (Å²) < 4.78 is 2.22. The highest BCUT2D eigenvalue weighted by atomic mass is 32.1. The highest BCUT2D eigenvalue weighted by molar-refractivity contribution is 7.16. The second-order valence-electron chi connectivity index (χ2n) is 9.55. The second kappa shape index (κ2) is 9.92. The van der Waals surface area contributed by atoms with Gasteiger partial charge in [-0.15, -0.1) is 11.3 Å². The van der Waals surface area contributed by atoms with Crippen molar-refractivity contribution >= 4 is 34.1 Å². The molecule has 2 aliphatic rings. The number of nitrogens with one attached hydrogen (secondary N) is 1. The molecule has 4 heterocycles. The number of piperidine rings is 1. The molecule has 1 atom stereocenters. The number of aromatic nitrogens is 1. The molecule has 0 saturated carbocycles. The van der Waals surface area contributed by atoms with E-state index in [1.54, 1.807) is 11.3 Å². The SMILES string of the molecule is CCN1CCC[C@H]1CNC(=O)C1CCN(C(=O)c2ccc(-n3c(C)cc4ccccc43)s2)CC1. The summed E-state index contributed by atoms with van der Waals surface area (Å²) in [5, 5.41) is 5.45. The van der Waals surface area contributed by atoms with Crippen molar-refractivity contribution in [2.75, 3.05) is 32.7 Å². The van der Waals surface area contributed by atoms with E-state index >= 15 is 0 Å². The molecule has 2 fully saturated rings. The molecule has 3 aromatic rings. The molecule has 7 heteroatoms. The molecule has 2 aliphatic heterocycles. The van der Waals surface area contributed by atoms with Gasteiger partial charge in [-0.25, -0.2) is 0 Å². The number of likely N-dealkylation sites (tertiary alicyclic amines) is 2. The van der Waals surface area contributed by atoms with Crippen LogP contribution in [0.3, 0.4) is 0 Å². The van der Waals surface area contributed by atoms with Crippen LogP contribution >= 0.6 is 11.3 Å². The average molecular weight is 479 g/mol. The molecule has 0 spiro atoms. The van der Waals surface area contributed by atoms with Crippen LogP contribution in [0.15, 0.2) is 42.5 Å². The zero-order valence-electron chi connectivity index (χ0n) is 20.1. The maximum absolute atomic E-state index is 13.2. The number of aryl methyl sites for hydroxylation is 1. The van der Waals surface area contributed by atoms with Gasteiger partial charge in [-0.1, -0.05) is 25.1 Å². The van der Waals surface area contributed by atoms with Crippen LogP contribution in [0.4, 0.5) is 0 Å². The number of nitrogens with zero attached hydrogens (tertiary/aromatic N) is 3. The summed E-state index contributed by atoms with van der Waals surface area (Å²) in [6.07, 6.45) is 3.86. The monoisotopic (exact) mass is 478 g/mol. The third kappa shape index (κ3) is 4.51. The first-order valence-electron chi connectivity index (χ1n) is 12.5. The molecule has 0 unspecified atom stereocenters. The molecule has 0 bridgehead atoms. The van der Waals surface area contributed by atoms with E-state index in [-0.39, 0.29) is 17.7 Å². The maximum atomic E-state index is 13.2. The smallest absolute Gasteiger partial charge is 0.263 e. The van der Waals surface area contributed by atoms with Gasteiger partial charge in [0.2, 0.25) is 5.91 Å². The summed E-state index contributed by atoms with van der Waals surface area (Å²) in [4.78, 5) is 31.1. The third-order valence-corrected chi connectivity index (χ3v) is 8.55. The average Bonchev–Trinajstić information content (AvgIpc) is 3.59. The van der Waals surface area contributed by atoms with Crippen molar-refractivity contribution in [1.82, 2.24) is 19.7 Å². The molecule has 2 amide bonds. The minimum Gasteiger partial charge on any atom is -0.354 e. The molecule has 1 N–H and O–H groups in total. The lowest BCUT2D eigenvalue weighted by Gasteiger charge is -2.31. The molecular weight excluding hydrogens is 444 g/mol. The van der Waals surface area contributed by atoms with Crippen molar-refractivity contribution in [2.45, 2.75) is 45.6 Å². The Morgan fingerprint density at radius 2 is 1.85 bits per heavy atom. The molecule has 0 aliphatic carbocycles. The number of fused-ring (bicyclic) bond motifs is 1. The molecule has 6 nitrogen and oxygen atoms in total. The van der Waals surface area contributed by atoms with Gasteiger partial charge < -0.3 is 14.8 Å². The van der Waals surface area contributed by atoms with Crippen molar-refractivity contribution in [1.29, 1.82) is 0 Å². The van der Waals surface area contributed by atoms with E-state index in [9.17, 15) is 9.59 Å². The lowest BCUT2D eigenvalue weighted by molar-refractivity contribution is -0.126. The van der Waals surface area contributed by atoms with Crippen LogP contribution in [0.25, 0.3) is 15.9 Å². The van der Waals surface area contributed by atoms with Gasteiger partial charge in [0.1, 0.15) is 5.00 Å². The fourth-order valence-electron chi connectivity index (χ4n) is 5.55. The van der Waals surface area contributed by atoms with E-state index < -0.39 is 0 Å². The van der Waals surface area contributed by atoms with Gasteiger partial charge in [0.15, 0.2) is 0 Å². The van der Waals surface area contributed by atoms with E-state index in [0.717, 1.165) is 53.6 Å². The number of rotatable bonds is 6. The van der Waals surface area contributed by atoms with Gasteiger partial charge in [-0.2, -0.15) is 0 Å². The fourth-order valence-corrected chi connectivity index (χ4v) is 6.60. The molecule has 0 radical (unpaired) electrons. The van der Waals surface area contributed by atoms with Crippen molar-refractivity contribution < 1.29 is 9.59 Å². The Morgan fingerprint density at radius 1 is 1.06 bits per heavy atom. The van der Waals surface area contributed by atoms with Gasteiger partial charge in [0.25, 0.3) is 5.91 Å². The van der Waals surface area contributed by atoms with Crippen LogP contribution in [-0.4, -0.2) is 64.9 Å². The number of para-hydroxylation sites is 1. The van der Waals surface area contributed by atoms with Gasteiger partial charge in [-0.3, -0.25) is 14.5 Å². The van der Waals surface area contributed by atoms with Crippen molar-refractivity contribution in [3.63, 3.8) is 0 Å². The third-order valence-electron chi connectivity index (χ3n) is 7.49. The zero-order valence-corrected chi connectivity index (χ0v) is 20.9. The summed E-state index contributed by atoms with van der Waals surface area (Å²) in [5.41, 5.74) is 2.32. The molecule has 2 aromatic heterocycles. The van der Waals surface area contributed by atoms with Crippen molar-refractivity contribution in [3.05, 3.63) is 53.0 Å². The van der Waals surface area contributed by atoms with Crippen LogP contribution in [0.1, 0.15) is 48.0 Å². The summed E-state index contributed by atoms with van der Waals surface area (Å²) in [6, 6.07) is 15.0. The first kappa shape index (κ1) is 23.1. The summed E-state index contributed by atoms with van der Waals surface area (Å²) in [5.74, 6) is 0.241. The van der Waals surface area contributed by atoms with E-state index in [1.807, 2.05) is 29.2 Å².